The van der Waals surface area contributed by atoms with E-state index in [0.29, 0.717) is 6.04 Å². The molecular weight excluding hydrogens is 318 g/mol. The molecule has 0 aliphatic carbocycles. The second-order valence-electron chi connectivity index (χ2n) is 6.40. The van der Waals surface area contributed by atoms with Crippen molar-refractivity contribution in [2.45, 2.75) is 31.6 Å². The maximum atomic E-state index is 10.9. The fourth-order valence-corrected chi connectivity index (χ4v) is 3.90. The minimum Gasteiger partial charge on any atom is -0.276 e. The Balaban J connectivity index is 1.73. The molecule has 0 fully saturated rings. The van der Waals surface area contributed by atoms with E-state index in [9.17, 15) is 10.1 Å². The van der Waals surface area contributed by atoms with Gasteiger partial charge in [-0.15, -0.1) is 0 Å². The highest BCUT2D eigenvalue weighted by Gasteiger charge is 2.45. The summed E-state index contributed by atoms with van der Waals surface area (Å²) in [6.45, 7) is 2.18. The summed E-state index contributed by atoms with van der Waals surface area (Å²) in [5.74, 6) is 0. The highest BCUT2D eigenvalue weighted by atomic mass is 16.6. The van der Waals surface area contributed by atoms with Crippen LogP contribution in [-0.2, 0) is 0 Å². The van der Waals surface area contributed by atoms with Gasteiger partial charge in [0.05, 0.1) is 10.6 Å². The van der Waals surface area contributed by atoms with E-state index < -0.39 is 4.92 Å². The largest absolute Gasteiger partial charge is 0.276 e. The third kappa shape index (κ3) is 2.39. The van der Waals surface area contributed by atoms with Crippen molar-refractivity contribution in [2.24, 2.45) is 10.3 Å². The van der Waals surface area contributed by atoms with E-state index in [4.69, 9.17) is 0 Å². The monoisotopic (exact) mass is 337 g/mol. The lowest BCUT2D eigenvalue weighted by molar-refractivity contribution is -0.384. The number of likely N-dealkylation sites (N-methyl/N-ethyl adjacent to an activating group) is 1. The Morgan fingerprint density at radius 1 is 1.12 bits per heavy atom. The minimum atomic E-state index is -0.395. The molecule has 128 valence electrons. The molecule has 0 N–H and O–H groups in total. The Hall–Kier alpha value is -2.80. The molecule has 2 aliphatic rings. The first-order chi connectivity index (χ1) is 12.1. The van der Waals surface area contributed by atoms with Gasteiger partial charge in [-0.2, -0.15) is 5.11 Å². The Morgan fingerprint density at radius 3 is 2.44 bits per heavy atom. The molecule has 0 bridgehead atoms. The number of anilines is 1. The SMILES string of the molecule is CC[C@@H]1c2ccccc2[C@@H]2N=NN(c3ccc([N+](=O)[O-])cc3)[C@@H]2N1C. The van der Waals surface area contributed by atoms with Crippen LogP contribution in [0.4, 0.5) is 11.4 Å². The first-order valence-electron chi connectivity index (χ1n) is 8.37. The van der Waals surface area contributed by atoms with E-state index in [1.807, 2.05) is 11.1 Å². The Labute approximate surface area is 145 Å². The second-order valence-corrected chi connectivity index (χ2v) is 6.40. The number of non-ortho nitro benzene ring substituents is 1. The van der Waals surface area contributed by atoms with Crippen LogP contribution in [0.3, 0.4) is 0 Å². The molecule has 2 aliphatic heterocycles. The van der Waals surface area contributed by atoms with E-state index in [1.54, 1.807) is 12.1 Å². The average molecular weight is 337 g/mol. The summed E-state index contributed by atoms with van der Waals surface area (Å²) >= 11 is 0. The van der Waals surface area contributed by atoms with Gasteiger partial charge in [0, 0.05) is 18.2 Å². The summed E-state index contributed by atoms with van der Waals surface area (Å²) in [6, 6.07) is 15.1. The molecule has 7 heteroatoms. The molecule has 0 aromatic heterocycles. The lowest BCUT2D eigenvalue weighted by atomic mass is 9.87. The number of nitrogens with zero attached hydrogens (tertiary/aromatic N) is 5. The van der Waals surface area contributed by atoms with E-state index in [1.165, 1.54) is 23.3 Å². The van der Waals surface area contributed by atoms with Gasteiger partial charge in [0.1, 0.15) is 12.2 Å². The van der Waals surface area contributed by atoms with Crippen LogP contribution in [0.15, 0.2) is 58.9 Å². The van der Waals surface area contributed by atoms with Crippen LogP contribution < -0.4 is 5.01 Å². The summed E-state index contributed by atoms with van der Waals surface area (Å²) in [6.07, 6.45) is 0.964. The molecule has 0 unspecified atom stereocenters. The fraction of sp³-hybridized carbons (Fsp3) is 0.333. The molecule has 0 amide bonds. The van der Waals surface area contributed by atoms with Gasteiger partial charge in [0.15, 0.2) is 0 Å². The lowest BCUT2D eigenvalue weighted by Gasteiger charge is -2.43. The van der Waals surface area contributed by atoms with Crippen LogP contribution in [-0.4, -0.2) is 23.0 Å². The van der Waals surface area contributed by atoms with Gasteiger partial charge in [-0.3, -0.25) is 15.0 Å². The molecule has 2 heterocycles. The van der Waals surface area contributed by atoms with Crippen molar-refractivity contribution in [1.29, 1.82) is 0 Å². The lowest BCUT2D eigenvalue weighted by Crippen LogP contribution is -2.49. The Kier molecular flexibility index (Phi) is 3.73. The van der Waals surface area contributed by atoms with Crippen LogP contribution in [0.1, 0.15) is 36.6 Å². The summed E-state index contributed by atoms with van der Waals surface area (Å²) < 4.78 is 0. The van der Waals surface area contributed by atoms with Gasteiger partial charge in [0.25, 0.3) is 5.69 Å². The number of fused-ring (bicyclic) bond motifs is 3. The summed E-state index contributed by atoms with van der Waals surface area (Å²) in [5, 5.41) is 21.6. The van der Waals surface area contributed by atoms with Crippen molar-refractivity contribution in [2.75, 3.05) is 12.1 Å². The number of rotatable bonds is 3. The molecule has 25 heavy (non-hydrogen) atoms. The number of hydrogen-bond donors (Lipinski definition) is 0. The maximum Gasteiger partial charge on any atom is 0.269 e. The Bertz CT molecular complexity index is 836. The zero-order valence-electron chi connectivity index (χ0n) is 14.1. The summed E-state index contributed by atoms with van der Waals surface area (Å²) in [4.78, 5) is 12.8. The quantitative estimate of drug-likeness (QED) is 0.620. The van der Waals surface area contributed by atoms with E-state index in [2.05, 4.69) is 47.4 Å². The van der Waals surface area contributed by atoms with Gasteiger partial charge >= 0.3 is 0 Å². The summed E-state index contributed by atoms with van der Waals surface area (Å²) in [7, 11) is 2.09. The first-order valence-corrected chi connectivity index (χ1v) is 8.37. The average Bonchev–Trinajstić information content (AvgIpc) is 3.08. The van der Waals surface area contributed by atoms with Crippen molar-refractivity contribution < 1.29 is 4.92 Å². The third-order valence-corrected chi connectivity index (χ3v) is 5.10. The molecule has 0 saturated carbocycles. The zero-order valence-corrected chi connectivity index (χ0v) is 14.1. The Morgan fingerprint density at radius 2 is 1.80 bits per heavy atom. The molecule has 0 spiro atoms. The minimum absolute atomic E-state index is 0.0266. The molecule has 7 nitrogen and oxygen atoms in total. The van der Waals surface area contributed by atoms with Crippen molar-refractivity contribution >= 4 is 11.4 Å². The number of nitro benzene ring substituents is 1. The van der Waals surface area contributed by atoms with Crippen LogP contribution in [0.25, 0.3) is 0 Å². The van der Waals surface area contributed by atoms with Crippen LogP contribution in [0.2, 0.25) is 0 Å². The van der Waals surface area contributed by atoms with Gasteiger partial charge in [-0.05, 0) is 36.7 Å². The standard InChI is InChI=1S/C18H19N5O2/c1-3-16-14-6-4-5-7-15(14)17-18(21(16)2)22(20-19-17)12-8-10-13(11-9-12)23(24)25/h4-11,16-18H,3H2,1-2H3/t16-,17+,18+/m1/s1. The molecule has 2 aromatic carbocycles. The maximum absolute atomic E-state index is 10.9. The molecular formula is C18H19N5O2. The van der Waals surface area contributed by atoms with Gasteiger partial charge in [-0.25, -0.2) is 5.01 Å². The van der Waals surface area contributed by atoms with E-state index in [0.717, 1.165) is 12.1 Å². The van der Waals surface area contributed by atoms with Crippen molar-refractivity contribution in [1.82, 2.24) is 4.90 Å². The predicted octanol–water partition coefficient (Wildman–Crippen LogP) is 4.25. The highest BCUT2D eigenvalue weighted by molar-refractivity contribution is 5.53. The second kappa shape index (κ2) is 5.93. The van der Waals surface area contributed by atoms with Crippen LogP contribution in [0, 0.1) is 10.1 Å². The third-order valence-electron chi connectivity index (χ3n) is 5.10. The molecule has 3 atom stereocenters. The number of benzene rings is 2. The first kappa shape index (κ1) is 15.7. The van der Waals surface area contributed by atoms with Crippen molar-refractivity contribution in [3.63, 3.8) is 0 Å². The van der Waals surface area contributed by atoms with Crippen molar-refractivity contribution in [3.8, 4) is 0 Å². The van der Waals surface area contributed by atoms with Crippen molar-refractivity contribution in [3.05, 3.63) is 69.8 Å². The highest BCUT2D eigenvalue weighted by Crippen LogP contribution is 2.46. The smallest absolute Gasteiger partial charge is 0.269 e. The van der Waals surface area contributed by atoms with E-state index in [-0.39, 0.29) is 17.9 Å². The van der Waals surface area contributed by atoms with Gasteiger partial charge < -0.3 is 0 Å². The zero-order chi connectivity index (χ0) is 17.6. The summed E-state index contributed by atoms with van der Waals surface area (Å²) in [5.41, 5.74) is 3.40. The van der Waals surface area contributed by atoms with Gasteiger partial charge in [-0.1, -0.05) is 36.4 Å². The molecule has 0 radical (unpaired) electrons. The fourth-order valence-electron chi connectivity index (χ4n) is 3.90. The molecule has 0 saturated heterocycles. The van der Waals surface area contributed by atoms with Crippen LogP contribution >= 0.6 is 0 Å². The molecule has 4 rings (SSSR count). The van der Waals surface area contributed by atoms with Crippen LogP contribution in [0.5, 0.6) is 0 Å². The molecule has 2 aromatic rings. The van der Waals surface area contributed by atoms with Gasteiger partial charge in [0.2, 0.25) is 0 Å². The predicted molar refractivity (Wildman–Crippen MR) is 94.2 cm³/mol. The number of hydrogen-bond acceptors (Lipinski definition) is 6. The normalized spacial score (nSPS) is 24.9. The number of nitro groups is 1. The topological polar surface area (TPSA) is 74.3 Å². The van der Waals surface area contributed by atoms with E-state index >= 15 is 0 Å².